The van der Waals surface area contributed by atoms with Gasteiger partial charge in [0.25, 0.3) is 6.10 Å². The number of rotatable bonds is 3. The molecule has 2 aliphatic rings. The molecule has 1 heterocycles. The van der Waals surface area contributed by atoms with E-state index in [4.69, 9.17) is 9.47 Å². The zero-order chi connectivity index (χ0) is 10.9. The Hall–Kier alpha value is 0.0300. The van der Waals surface area contributed by atoms with Gasteiger partial charge in [0.05, 0.1) is 6.61 Å². The fourth-order valence-electron chi connectivity index (χ4n) is 2.60. The lowest BCUT2D eigenvalue weighted by Crippen LogP contribution is -2.32. The van der Waals surface area contributed by atoms with Crippen molar-refractivity contribution in [2.75, 3.05) is 11.0 Å². The lowest BCUT2D eigenvalue weighted by Gasteiger charge is -2.15. The van der Waals surface area contributed by atoms with Crippen LogP contribution in [0.15, 0.2) is 0 Å². The average Bonchev–Trinajstić information content (AvgIpc) is 2.73. The summed E-state index contributed by atoms with van der Waals surface area (Å²) in [4.78, 5) is 12.0. The maximum absolute atomic E-state index is 12.0. The number of hydrogen-bond acceptors (Lipinski definition) is 3. The van der Waals surface area contributed by atoms with Crippen LogP contribution in [0.25, 0.3) is 0 Å². The number of halogens is 1. The highest BCUT2D eigenvalue weighted by Crippen LogP contribution is 2.55. The van der Waals surface area contributed by atoms with Gasteiger partial charge in [-0.05, 0) is 13.3 Å². The van der Waals surface area contributed by atoms with E-state index in [1.54, 1.807) is 0 Å². The van der Waals surface area contributed by atoms with Gasteiger partial charge in [0.2, 0.25) is 5.41 Å². The first-order valence-corrected chi connectivity index (χ1v) is 7.01. The molecule has 1 aliphatic heterocycles. The molecule has 2 fully saturated rings. The predicted octanol–water partition coefficient (Wildman–Crippen LogP) is 2.48. The molecular weight excluding hydrogens is 307 g/mol. The van der Waals surface area contributed by atoms with E-state index in [9.17, 15) is 4.79 Å². The Balaban J connectivity index is 2.13. The highest BCUT2D eigenvalue weighted by atomic mass is 127. The Kier molecular flexibility index (Phi) is 3.45. The first kappa shape index (κ1) is 11.5. The summed E-state index contributed by atoms with van der Waals surface area (Å²) in [7, 11) is 0. The summed E-state index contributed by atoms with van der Waals surface area (Å²) in [6, 6.07) is 0. The summed E-state index contributed by atoms with van der Waals surface area (Å²) in [6.45, 7) is 2.32. The van der Waals surface area contributed by atoms with Gasteiger partial charge in [0.1, 0.15) is 12.5 Å². The standard InChI is InChI=1S/C11H16IO3/c1-2-14-10(13)11-5-3-4-9(11)15-8(6-11)7-12/h8H,2-7H2,1H3/q+1. The van der Waals surface area contributed by atoms with Crippen LogP contribution in [-0.4, -0.2) is 23.1 Å². The Bertz CT molecular complexity index is 256. The minimum atomic E-state index is -0.383. The van der Waals surface area contributed by atoms with Gasteiger partial charge in [0.15, 0.2) is 0 Å². The Morgan fingerprint density at radius 3 is 3.20 bits per heavy atom. The first-order valence-electron chi connectivity index (χ1n) is 5.49. The van der Waals surface area contributed by atoms with Crippen LogP contribution in [0.4, 0.5) is 0 Å². The minimum Gasteiger partial charge on any atom is -0.462 e. The molecule has 0 spiro atoms. The van der Waals surface area contributed by atoms with E-state index in [2.05, 4.69) is 22.6 Å². The van der Waals surface area contributed by atoms with Crippen molar-refractivity contribution in [1.29, 1.82) is 0 Å². The maximum atomic E-state index is 12.0. The number of esters is 1. The topological polar surface area (TPSA) is 35.5 Å². The molecule has 15 heavy (non-hydrogen) atoms. The summed E-state index contributed by atoms with van der Waals surface area (Å²) in [6.07, 6.45) is 4.93. The van der Waals surface area contributed by atoms with Gasteiger partial charge in [-0.3, -0.25) is 0 Å². The summed E-state index contributed by atoms with van der Waals surface area (Å²) < 4.78 is 11.9. The molecule has 0 amide bonds. The average molecular weight is 323 g/mol. The van der Waals surface area contributed by atoms with E-state index in [0.29, 0.717) is 6.61 Å². The molecule has 1 saturated carbocycles. The molecule has 0 bridgehead atoms. The van der Waals surface area contributed by atoms with Crippen LogP contribution in [0.2, 0.25) is 0 Å². The summed E-state index contributed by atoms with van der Waals surface area (Å²) in [5, 5.41) is 0. The quantitative estimate of drug-likeness (QED) is 0.346. The number of ether oxygens (including phenoxy) is 2. The Labute approximate surface area is 104 Å². The third-order valence-corrected chi connectivity index (χ3v) is 4.25. The van der Waals surface area contributed by atoms with Crippen molar-refractivity contribution < 1.29 is 14.3 Å². The van der Waals surface area contributed by atoms with E-state index in [1.165, 1.54) is 0 Å². The van der Waals surface area contributed by atoms with E-state index in [-0.39, 0.29) is 17.5 Å². The molecule has 2 rings (SSSR count). The van der Waals surface area contributed by atoms with Crippen molar-refractivity contribution in [3.05, 3.63) is 6.10 Å². The third-order valence-electron chi connectivity index (χ3n) is 3.26. The van der Waals surface area contributed by atoms with Gasteiger partial charge >= 0.3 is 5.97 Å². The van der Waals surface area contributed by atoms with E-state index in [0.717, 1.165) is 36.2 Å². The lowest BCUT2D eigenvalue weighted by atomic mass is 9.81. The van der Waals surface area contributed by atoms with Crippen LogP contribution in [0.3, 0.4) is 0 Å². The van der Waals surface area contributed by atoms with Crippen molar-refractivity contribution in [3.8, 4) is 0 Å². The molecule has 2 atom stereocenters. The number of hydrogen-bond donors (Lipinski definition) is 0. The van der Waals surface area contributed by atoms with Crippen LogP contribution in [0.1, 0.15) is 32.6 Å². The SMILES string of the molecule is CCOC(=O)C12CCC[C+]1OC(CI)C2. The zero-order valence-corrected chi connectivity index (χ0v) is 11.1. The van der Waals surface area contributed by atoms with Gasteiger partial charge in [-0.2, -0.15) is 4.74 Å². The van der Waals surface area contributed by atoms with E-state index < -0.39 is 0 Å². The molecule has 1 saturated heterocycles. The fraction of sp³-hybridized carbons (Fsp3) is 0.818. The van der Waals surface area contributed by atoms with Crippen LogP contribution < -0.4 is 0 Å². The van der Waals surface area contributed by atoms with Crippen molar-refractivity contribution in [2.24, 2.45) is 5.41 Å². The molecule has 0 aromatic carbocycles. The van der Waals surface area contributed by atoms with Crippen LogP contribution in [0, 0.1) is 11.5 Å². The first-order chi connectivity index (χ1) is 7.23. The molecule has 1 aliphatic carbocycles. The van der Waals surface area contributed by atoms with Gasteiger partial charge < -0.3 is 4.74 Å². The second-order valence-corrected chi connectivity index (χ2v) is 5.06. The molecule has 4 heteroatoms. The van der Waals surface area contributed by atoms with Gasteiger partial charge in [-0.15, -0.1) is 0 Å². The number of fused-ring (bicyclic) bond motifs is 1. The second-order valence-electron chi connectivity index (χ2n) is 4.18. The molecule has 0 aromatic heterocycles. The molecule has 2 unspecified atom stereocenters. The maximum Gasteiger partial charge on any atom is 0.361 e. The summed E-state index contributed by atoms with van der Waals surface area (Å²) in [5.41, 5.74) is -0.383. The Morgan fingerprint density at radius 1 is 1.73 bits per heavy atom. The Morgan fingerprint density at radius 2 is 2.53 bits per heavy atom. The molecule has 0 radical (unpaired) electrons. The van der Waals surface area contributed by atoms with Crippen LogP contribution in [-0.2, 0) is 14.3 Å². The van der Waals surface area contributed by atoms with Crippen molar-refractivity contribution >= 4 is 28.6 Å². The third kappa shape index (κ3) is 1.86. The van der Waals surface area contributed by atoms with Crippen molar-refractivity contribution in [1.82, 2.24) is 0 Å². The molecular formula is C11H16IO3+. The zero-order valence-electron chi connectivity index (χ0n) is 8.92. The monoisotopic (exact) mass is 323 g/mol. The summed E-state index contributed by atoms with van der Waals surface area (Å²) in [5.74, 6) is -0.0650. The fourth-order valence-corrected chi connectivity index (χ4v) is 3.09. The predicted molar refractivity (Wildman–Crippen MR) is 64.5 cm³/mol. The van der Waals surface area contributed by atoms with E-state index >= 15 is 0 Å². The normalized spacial score (nSPS) is 34.3. The van der Waals surface area contributed by atoms with Crippen LogP contribution >= 0.6 is 22.6 Å². The minimum absolute atomic E-state index is 0.0650. The molecule has 0 aromatic rings. The largest absolute Gasteiger partial charge is 0.462 e. The van der Waals surface area contributed by atoms with E-state index in [1.807, 2.05) is 6.92 Å². The lowest BCUT2D eigenvalue weighted by molar-refractivity contribution is -0.154. The van der Waals surface area contributed by atoms with Gasteiger partial charge in [-0.25, -0.2) is 4.79 Å². The molecule has 84 valence electrons. The number of alkyl halides is 1. The van der Waals surface area contributed by atoms with Gasteiger partial charge in [0, 0.05) is 17.3 Å². The highest BCUT2D eigenvalue weighted by molar-refractivity contribution is 14.1. The number of carbonyl (C=O) groups is 1. The molecule has 3 nitrogen and oxygen atoms in total. The smallest absolute Gasteiger partial charge is 0.361 e. The van der Waals surface area contributed by atoms with Gasteiger partial charge in [-0.1, -0.05) is 22.6 Å². The second kappa shape index (κ2) is 4.49. The number of carbonyl (C=O) groups excluding carboxylic acids is 1. The summed E-state index contributed by atoms with van der Waals surface area (Å²) >= 11 is 2.31. The van der Waals surface area contributed by atoms with Crippen molar-refractivity contribution in [3.63, 3.8) is 0 Å². The van der Waals surface area contributed by atoms with Crippen LogP contribution in [0.5, 0.6) is 0 Å². The molecule has 0 N–H and O–H groups in total. The van der Waals surface area contributed by atoms with Crippen molar-refractivity contribution in [2.45, 2.75) is 38.7 Å². The highest BCUT2D eigenvalue weighted by Gasteiger charge is 2.68.